The van der Waals surface area contributed by atoms with Gasteiger partial charge in [0.1, 0.15) is 5.60 Å². The van der Waals surface area contributed by atoms with Crippen molar-refractivity contribution in [1.82, 2.24) is 9.80 Å². The molecule has 0 N–H and O–H groups in total. The predicted molar refractivity (Wildman–Crippen MR) is 96.7 cm³/mol. The lowest BCUT2D eigenvalue weighted by Crippen LogP contribution is -2.43. The lowest BCUT2D eigenvalue weighted by Gasteiger charge is -2.35. The third kappa shape index (κ3) is 7.11. The SMILES string of the molecule is CCN(CCC1CCN(C(=O)OC(C)(C)C)CC1)[C@@H](C)C(C)C. The van der Waals surface area contributed by atoms with Crippen LogP contribution in [0.5, 0.6) is 0 Å². The summed E-state index contributed by atoms with van der Waals surface area (Å²) in [5.74, 6) is 1.44. The van der Waals surface area contributed by atoms with E-state index >= 15 is 0 Å². The molecular weight excluding hydrogens is 288 g/mol. The van der Waals surface area contributed by atoms with Crippen LogP contribution in [0.1, 0.15) is 67.7 Å². The van der Waals surface area contributed by atoms with E-state index in [1.165, 1.54) is 13.0 Å². The number of carbonyl (C=O) groups is 1. The van der Waals surface area contributed by atoms with Crippen LogP contribution in [0.3, 0.4) is 0 Å². The van der Waals surface area contributed by atoms with E-state index in [4.69, 9.17) is 4.74 Å². The standard InChI is InChI=1S/C19H38N2O2/c1-8-20(16(4)15(2)3)12-9-17-10-13-21(14-11-17)18(22)23-19(5,6)7/h15-17H,8-14H2,1-7H3/t16-/m0/s1. The second kappa shape index (κ2) is 8.91. The van der Waals surface area contributed by atoms with E-state index in [0.29, 0.717) is 12.0 Å². The highest BCUT2D eigenvalue weighted by Gasteiger charge is 2.27. The number of ether oxygens (including phenoxy) is 1. The van der Waals surface area contributed by atoms with Crippen molar-refractivity contribution in [2.24, 2.45) is 11.8 Å². The molecule has 23 heavy (non-hydrogen) atoms. The maximum Gasteiger partial charge on any atom is 0.410 e. The van der Waals surface area contributed by atoms with Crippen LogP contribution in [0.4, 0.5) is 4.79 Å². The van der Waals surface area contributed by atoms with E-state index in [1.807, 2.05) is 25.7 Å². The number of hydrogen-bond donors (Lipinski definition) is 0. The number of carbonyl (C=O) groups excluding carboxylic acids is 1. The zero-order chi connectivity index (χ0) is 17.6. The second-order valence-corrected chi connectivity index (χ2v) is 8.31. The molecule has 0 saturated carbocycles. The highest BCUT2D eigenvalue weighted by molar-refractivity contribution is 5.68. The third-order valence-corrected chi connectivity index (χ3v) is 5.04. The van der Waals surface area contributed by atoms with Gasteiger partial charge in [-0.15, -0.1) is 0 Å². The van der Waals surface area contributed by atoms with Crippen molar-refractivity contribution in [3.63, 3.8) is 0 Å². The Bertz CT molecular complexity index is 355. The highest BCUT2D eigenvalue weighted by Crippen LogP contribution is 2.23. The lowest BCUT2D eigenvalue weighted by molar-refractivity contribution is 0.0175. The minimum Gasteiger partial charge on any atom is -0.444 e. The zero-order valence-electron chi connectivity index (χ0n) is 16.4. The summed E-state index contributed by atoms with van der Waals surface area (Å²) in [7, 11) is 0. The molecule has 0 aliphatic carbocycles. The van der Waals surface area contributed by atoms with Crippen molar-refractivity contribution in [3.05, 3.63) is 0 Å². The fourth-order valence-corrected chi connectivity index (χ4v) is 3.15. The molecule has 1 rings (SSSR count). The van der Waals surface area contributed by atoms with E-state index in [0.717, 1.165) is 38.4 Å². The van der Waals surface area contributed by atoms with Crippen LogP contribution < -0.4 is 0 Å². The molecule has 4 heteroatoms. The molecule has 1 heterocycles. The Morgan fingerprint density at radius 3 is 2.22 bits per heavy atom. The van der Waals surface area contributed by atoms with Gasteiger partial charge in [0.25, 0.3) is 0 Å². The van der Waals surface area contributed by atoms with Gasteiger partial charge in [-0.25, -0.2) is 4.79 Å². The van der Waals surface area contributed by atoms with Gasteiger partial charge in [-0.3, -0.25) is 0 Å². The Balaban J connectivity index is 2.35. The van der Waals surface area contributed by atoms with Gasteiger partial charge in [0.2, 0.25) is 0 Å². The molecule has 1 saturated heterocycles. The monoisotopic (exact) mass is 326 g/mol. The molecule has 1 fully saturated rings. The quantitative estimate of drug-likeness (QED) is 0.725. The summed E-state index contributed by atoms with van der Waals surface area (Å²) in [4.78, 5) is 16.6. The normalized spacial score (nSPS) is 18.6. The van der Waals surface area contributed by atoms with Crippen molar-refractivity contribution in [3.8, 4) is 0 Å². The third-order valence-electron chi connectivity index (χ3n) is 5.04. The Kier molecular flexibility index (Phi) is 7.85. The van der Waals surface area contributed by atoms with Gasteiger partial charge in [-0.05, 0) is 71.9 Å². The minimum atomic E-state index is -0.400. The van der Waals surface area contributed by atoms with Crippen LogP contribution in [0.2, 0.25) is 0 Å². The molecule has 0 bridgehead atoms. The average Bonchev–Trinajstić information content (AvgIpc) is 2.46. The van der Waals surface area contributed by atoms with Crippen molar-refractivity contribution >= 4 is 6.09 Å². The number of hydrogen-bond acceptors (Lipinski definition) is 3. The largest absolute Gasteiger partial charge is 0.444 e. The summed E-state index contributed by atoms with van der Waals surface area (Å²) in [6.07, 6.45) is 3.30. The molecule has 0 unspecified atom stereocenters. The highest BCUT2D eigenvalue weighted by atomic mass is 16.6. The van der Waals surface area contributed by atoms with E-state index < -0.39 is 5.60 Å². The predicted octanol–water partition coefficient (Wildman–Crippen LogP) is 4.39. The summed E-state index contributed by atoms with van der Waals surface area (Å²) in [5, 5.41) is 0. The molecule has 0 spiro atoms. The zero-order valence-corrected chi connectivity index (χ0v) is 16.4. The minimum absolute atomic E-state index is 0.153. The maximum absolute atomic E-state index is 12.1. The summed E-state index contributed by atoms with van der Waals surface area (Å²) >= 11 is 0. The van der Waals surface area contributed by atoms with Crippen LogP contribution in [0.25, 0.3) is 0 Å². The lowest BCUT2D eigenvalue weighted by atomic mass is 9.93. The van der Waals surface area contributed by atoms with Gasteiger partial charge in [0.15, 0.2) is 0 Å². The first-order chi connectivity index (χ1) is 10.6. The molecule has 1 amide bonds. The van der Waals surface area contributed by atoms with E-state index in [9.17, 15) is 4.79 Å². The molecule has 0 aromatic carbocycles. The van der Waals surface area contributed by atoms with Gasteiger partial charge in [-0.2, -0.15) is 0 Å². The van der Waals surface area contributed by atoms with E-state index in [-0.39, 0.29) is 6.09 Å². The number of amides is 1. The smallest absolute Gasteiger partial charge is 0.410 e. The van der Waals surface area contributed by atoms with Gasteiger partial charge in [-0.1, -0.05) is 20.8 Å². The van der Waals surface area contributed by atoms with Gasteiger partial charge >= 0.3 is 6.09 Å². The molecular formula is C19H38N2O2. The topological polar surface area (TPSA) is 32.8 Å². The van der Waals surface area contributed by atoms with Crippen molar-refractivity contribution in [2.45, 2.75) is 79.4 Å². The second-order valence-electron chi connectivity index (χ2n) is 8.31. The van der Waals surface area contributed by atoms with E-state index in [1.54, 1.807) is 0 Å². The van der Waals surface area contributed by atoms with Crippen LogP contribution in [-0.4, -0.2) is 53.7 Å². The molecule has 0 aromatic heterocycles. The van der Waals surface area contributed by atoms with E-state index in [2.05, 4.69) is 32.6 Å². The Hall–Kier alpha value is -0.770. The van der Waals surface area contributed by atoms with Crippen LogP contribution in [-0.2, 0) is 4.74 Å². The average molecular weight is 327 g/mol. The molecule has 136 valence electrons. The maximum atomic E-state index is 12.1. The van der Waals surface area contributed by atoms with Gasteiger partial charge in [0, 0.05) is 19.1 Å². The fourth-order valence-electron chi connectivity index (χ4n) is 3.15. The van der Waals surface area contributed by atoms with Crippen LogP contribution in [0, 0.1) is 11.8 Å². The molecule has 1 aliphatic heterocycles. The number of piperidine rings is 1. The van der Waals surface area contributed by atoms with Crippen molar-refractivity contribution in [1.29, 1.82) is 0 Å². The Morgan fingerprint density at radius 1 is 1.22 bits per heavy atom. The van der Waals surface area contributed by atoms with Crippen molar-refractivity contribution in [2.75, 3.05) is 26.2 Å². The molecule has 4 nitrogen and oxygen atoms in total. The first kappa shape index (κ1) is 20.3. The van der Waals surface area contributed by atoms with Gasteiger partial charge < -0.3 is 14.5 Å². The summed E-state index contributed by atoms with van der Waals surface area (Å²) < 4.78 is 5.46. The van der Waals surface area contributed by atoms with Crippen LogP contribution in [0.15, 0.2) is 0 Å². The van der Waals surface area contributed by atoms with Gasteiger partial charge in [0.05, 0.1) is 0 Å². The fraction of sp³-hybridized carbons (Fsp3) is 0.947. The summed E-state index contributed by atoms with van der Waals surface area (Å²) in [6, 6.07) is 0.641. The molecule has 1 atom stereocenters. The molecule has 0 radical (unpaired) electrons. The Morgan fingerprint density at radius 2 is 1.78 bits per heavy atom. The summed E-state index contributed by atoms with van der Waals surface area (Å²) in [6.45, 7) is 18.9. The van der Waals surface area contributed by atoms with Crippen LogP contribution >= 0.6 is 0 Å². The first-order valence-electron chi connectivity index (χ1n) is 9.36. The van der Waals surface area contributed by atoms with Crippen molar-refractivity contribution < 1.29 is 9.53 Å². The molecule has 0 aromatic rings. The summed E-state index contributed by atoms with van der Waals surface area (Å²) in [5.41, 5.74) is -0.400. The number of nitrogens with zero attached hydrogens (tertiary/aromatic N) is 2. The first-order valence-corrected chi connectivity index (χ1v) is 9.36. The molecule has 1 aliphatic rings. The number of likely N-dealkylation sites (tertiary alicyclic amines) is 1. The number of rotatable bonds is 6. The Labute approximate surface area is 143 Å².